The van der Waals surface area contributed by atoms with E-state index in [2.05, 4.69) is 19.9 Å². The second kappa shape index (κ2) is 6.55. The first-order chi connectivity index (χ1) is 11.9. The molecule has 1 aliphatic heterocycles. The fourth-order valence-corrected chi connectivity index (χ4v) is 3.25. The first-order valence-electron chi connectivity index (χ1n) is 8.21. The molecule has 2 aromatic carbocycles. The molecule has 0 bridgehead atoms. The van der Waals surface area contributed by atoms with Crippen LogP contribution < -0.4 is 4.90 Å². The number of nitrogens with zero attached hydrogens (tertiary/aromatic N) is 1. The lowest BCUT2D eigenvalue weighted by atomic mass is 9.83. The lowest BCUT2D eigenvalue weighted by molar-refractivity contribution is -0.117. The lowest BCUT2D eigenvalue weighted by Crippen LogP contribution is -2.25. The number of carbonyl (C=O) groups excluding carboxylic acids is 2. The topological polar surface area (TPSA) is 46.6 Å². The number of para-hydroxylation sites is 1. The minimum atomic E-state index is -0.491. The van der Waals surface area contributed by atoms with E-state index in [1.54, 1.807) is 30.3 Å². The molecular weight excluding hydrogens is 314 g/mol. The van der Waals surface area contributed by atoms with Crippen LogP contribution in [0.2, 0.25) is 0 Å². The Kier molecular flexibility index (Phi) is 4.45. The van der Waals surface area contributed by atoms with Crippen LogP contribution >= 0.6 is 0 Å². The highest BCUT2D eigenvalue weighted by Gasteiger charge is 2.38. The molecule has 1 heterocycles. The first-order valence-corrected chi connectivity index (χ1v) is 8.21. The van der Waals surface area contributed by atoms with Gasteiger partial charge in [-0.3, -0.25) is 4.79 Å². The number of ether oxygens (including phenoxy) is 1. The number of allylic oxidation sites excluding steroid dienone is 1. The van der Waals surface area contributed by atoms with E-state index >= 15 is 0 Å². The van der Waals surface area contributed by atoms with Gasteiger partial charge in [0.15, 0.2) is 12.4 Å². The Labute approximate surface area is 147 Å². The molecule has 1 aliphatic rings. The molecule has 0 fully saturated rings. The van der Waals surface area contributed by atoms with Gasteiger partial charge in [0.25, 0.3) is 0 Å². The van der Waals surface area contributed by atoms with E-state index in [9.17, 15) is 9.59 Å². The van der Waals surface area contributed by atoms with Crippen molar-refractivity contribution in [3.05, 3.63) is 77.5 Å². The predicted octanol–water partition coefficient (Wildman–Crippen LogP) is 3.72. The third-order valence-electron chi connectivity index (χ3n) is 4.59. The standard InChI is InChI=1S/C21H21NO3/c1-21(2)17-11-7-8-12-18(17)22(3)19(21)13-16(23)14-25-20(24)15-9-5-4-6-10-15/h4-13H,14H2,1-3H3/b19-13-. The van der Waals surface area contributed by atoms with E-state index in [4.69, 9.17) is 4.74 Å². The summed E-state index contributed by atoms with van der Waals surface area (Å²) in [6, 6.07) is 16.8. The van der Waals surface area contributed by atoms with Gasteiger partial charge in [-0.2, -0.15) is 0 Å². The molecule has 4 heteroatoms. The molecule has 0 N–H and O–H groups in total. The molecule has 0 saturated carbocycles. The SMILES string of the molecule is CN1/C(=C\C(=O)COC(=O)c2ccccc2)C(C)(C)c2ccccc21. The number of hydrogen-bond acceptors (Lipinski definition) is 4. The van der Waals surface area contributed by atoms with Crippen LogP contribution in [0.25, 0.3) is 0 Å². The number of hydrogen-bond donors (Lipinski definition) is 0. The highest BCUT2D eigenvalue weighted by Crippen LogP contribution is 2.46. The summed E-state index contributed by atoms with van der Waals surface area (Å²) in [5, 5.41) is 0. The van der Waals surface area contributed by atoms with Crippen LogP contribution in [-0.2, 0) is 14.9 Å². The maximum absolute atomic E-state index is 12.3. The fourth-order valence-electron chi connectivity index (χ4n) is 3.25. The predicted molar refractivity (Wildman–Crippen MR) is 97.7 cm³/mol. The summed E-state index contributed by atoms with van der Waals surface area (Å²) in [5.41, 5.74) is 3.33. The Morgan fingerprint density at radius 1 is 1.04 bits per heavy atom. The Bertz CT molecular complexity index is 837. The van der Waals surface area contributed by atoms with Crippen LogP contribution in [-0.4, -0.2) is 25.4 Å². The fraction of sp³-hybridized carbons (Fsp3) is 0.238. The van der Waals surface area contributed by atoms with Crippen molar-refractivity contribution in [2.75, 3.05) is 18.6 Å². The molecule has 0 aromatic heterocycles. The average molecular weight is 335 g/mol. The average Bonchev–Trinajstić information content (AvgIpc) is 2.82. The monoisotopic (exact) mass is 335 g/mol. The molecule has 0 saturated heterocycles. The van der Waals surface area contributed by atoms with Crippen LogP contribution in [0.5, 0.6) is 0 Å². The van der Waals surface area contributed by atoms with E-state index < -0.39 is 5.97 Å². The molecule has 128 valence electrons. The van der Waals surface area contributed by atoms with Gasteiger partial charge in [-0.05, 0) is 23.8 Å². The number of carbonyl (C=O) groups is 2. The number of fused-ring (bicyclic) bond motifs is 1. The Balaban J connectivity index is 1.73. The van der Waals surface area contributed by atoms with Crippen LogP contribution in [0.3, 0.4) is 0 Å². The molecule has 0 spiro atoms. The highest BCUT2D eigenvalue weighted by molar-refractivity contribution is 5.96. The number of rotatable bonds is 4. The summed E-state index contributed by atoms with van der Waals surface area (Å²) in [5.74, 6) is -0.721. The lowest BCUT2D eigenvalue weighted by Gasteiger charge is -2.23. The number of benzene rings is 2. The van der Waals surface area contributed by atoms with Crippen molar-refractivity contribution in [1.29, 1.82) is 0 Å². The van der Waals surface area contributed by atoms with Gasteiger partial charge < -0.3 is 9.64 Å². The minimum Gasteiger partial charge on any atom is -0.454 e. The van der Waals surface area contributed by atoms with Gasteiger partial charge >= 0.3 is 5.97 Å². The van der Waals surface area contributed by atoms with Crippen molar-refractivity contribution in [2.24, 2.45) is 0 Å². The third kappa shape index (κ3) is 3.20. The molecule has 0 aliphatic carbocycles. The largest absolute Gasteiger partial charge is 0.454 e. The van der Waals surface area contributed by atoms with E-state index in [-0.39, 0.29) is 17.8 Å². The van der Waals surface area contributed by atoms with Gasteiger partial charge in [-0.25, -0.2) is 4.79 Å². The zero-order valence-electron chi connectivity index (χ0n) is 14.7. The molecule has 2 aromatic rings. The zero-order valence-corrected chi connectivity index (χ0v) is 14.7. The Hall–Kier alpha value is -2.88. The van der Waals surface area contributed by atoms with E-state index in [0.717, 1.165) is 11.4 Å². The van der Waals surface area contributed by atoms with Gasteiger partial charge in [0.1, 0.15) is 0 Å². The summed E-state index contributed by atoms with van der Waals surface area (Å²) in [6.45, 7) is 3.91. The normalized spacial score (nSPS) is 16.6. The van der Waals surface area contributed by atoms with Crippen molar-refractivity contribution in [3.8, 4) is 0 Å². The van der Waals surface area contributed by atoms with Gasteiger partial charge in [0.2, 0.25) is 0 Å². The van der Waals surface area contributed by atoms with Crippen LogP contribution in [0.1, 0.15) is 29.8 Å². The highest BCUT2D eigenvalue weighted by atomic mass is 16.5. The van der Waals surface area contributed by atoms with Crippen molar-refractivity contribution < 1.29 is 14.3 Å². The molecule has 4 nitrogen and oxygen atoms in total. The number of likely N-dealkylation sites (N-methyl/N-ethyl adjacent to an activating group) is 1. The Morgan fingerprint density at radius 3 is 2.36 bits per heavy atom. The molecule has 3 rings (SSSR count). The summed E-state index contributed by atoms with van der Waals surface area (Å²) in [4.78, 5) is 26.3. The van der Waals surface area contributed by atoms with Crippen molar-refractivity contribution in [1.82, 2.24) is 0 Å². The number of esters is 1. The second-order valence-corrected chi connectivity index (χ2v) is 6.64. The molecule has 0 unspecified atom stereocenters. The number of anilines is 1. The summed E-state index contributed by atoms with van der Waals surface area (Å²) < 4.78 is 5.13. The quantitative estimate of drug-likeness (QED) is 0.631. The number of ketones is 1. The van der Waals surface area contributed by atoms with Gasteiger partial charge in [0, 0.05) is 29.9 Å². The third-order valence-corrected chi connectivity index (χ3v) is 4.59. The van der Waals surface area contributed by atoms with E-state index in [1.165, 1.54) is 5.56 Å². The molecule has 0 radical (unpaired) electrons. The smallest absolute Gasteiger partial charge is 0.338 e. The summed E-state index contributed by atoms with van der Waals surface area (Å²) in [6.07, 6.45) is 1.58. The zero-order chi connectivity index (χ0) is 18.0. The summed E-state index contributed by atoms with van der Waals surface area (Å²) in [7, 11) is 1.95. The van der Waals surface area contributed by atoms with Crippen molar-refractivity contribution >= 4 is 17.4 Å². The van der Waals surface area contributed by atoms with Gasteiger partial charge in [-0.1, -0.05) is 50.2 Å². The van der Waals surface area contributed by atoms with Gasteiger partial charge in [-0.15, -0.1) is 0 Å². The molecule has 25 heavy (non-hydrogen) atoms. The van der Waals surface area contributed by atoms with Gasteiger partial charge in [0.05, 0.1) is 5.56 Å². The molecule has 0 amide bonds. The first kappa shape index (κ1) is 17.0. The summed E-state index contributed by atoms with van der Waals surface area (Å²) >= 11 is 0. The Morgan fingerprint density at radius 2 is 1.68 bits per heavy atom. The van der Waals surface area contributed by atoms with Crippen LogP contribution in [0.15, 0.2) is 66.4 Å². The van der Waals surface area contributed by atoms with E-state index in [0.29, 0.717) is 5.56 Å². The maximum Gasteiger partial charge on any atom is 0.338 e. The molecule has 0 atom stereocenters. The van der Waals surface area contributed by atoms with Crippen molar-refractivity contribution in [3.63, 3.8) is 0 Å². The maximum atomic E-state index is 12.3. The second-order valence-electron chi connectivity index (χ2n) is 6.64. The van der Waals surface area contributed by atoms with Crippen molar-refractivity contribution in [2.45, 2.75) is 19.3 Å². The van der Waals surface area contributed by atoms with E-state index in [1.807, 2.05) is 36.2 Å². The molecular formula is C21H21NO3. The van der Waals surface area contributed by atoms with Crippen LogP contribution in [0, 0.1) is 0 Å². The van der Waals surface area contributed by atoms with Crippen LogP contribution in [0.4, 0.5) is 5.69 Å². The minimum absolute atomic E-state index is 0.230.